The van der Waals surface area contributed by atoms with Crippen LogP contribution in [-0.2, 0) is 24.9 Å². The van der Waals surface area contributed by atoms with Gasteiger partial charge in [0.2, 0.25) is 0 Å². The molecule has 3 heteroatoms. The van der Waals surface area contributed by atoms with Crippen molar-refractivity contribution < 1.29 is 5.11 Å². The number of pyridine rings is 1. The number of aromatic nitrogens is 1. The van der Waals surface area contributed by atoms with Crippen LogP contribution in [0.2, 0.25) is 5.02 Å². The van der Waals surface area contributed by atoms with Crippen LogP contribution in [-0.4, -0.2) is 10.1 Å². The van der Waals surface area contributed by atoms with Crippen molar-refractivity contribution in [2.24, 2.45) is 0 Å². The molecule has 0 aliphatic heterocycles. The molecule has 3 rings (SSSR count). The summed E-state index contributed by atoms with van der Waals surface area (Å²) in [4.78, 5) is 3.99. The molecule has 2 aromatic rings. The van der Waals surface area contributed by atoms with Gasteiger partial charge in [0.15, 0.2) is 0 Å². The van der Waals surface area contributed by atoms with Gasteiger partial charge in [0.25, 0.3) is 0 Å². The average molecular weight is 302 g/mol. The molecular weight excluding hydrogens is 282 g/mol. The predicted molar refractivity (Wildman–Crippen MR) is 85.6 cm³/mol. The summed E-state index contributed by atoms with van der Waals surface area (Å²) in [5, 5.41) is 11.5. The van der Waals surface area contributed by atoms with Gasteiger partial charge in [0.05, 0.1) is 10.6 Å². The van der Waals surface area contributed by atoms with Crippen molar-refractivity contribution in [1.29, 1.82) is 0 Å². The first-order valence-corrected chi connectivity index (χ1v) is 7.87. The molecule has 1 N–H and O–H groups in total. The van der Waals surface area contributed by atoms with E-state index in [0.29, 0.717) is 11.4 Å². The first kappa shape index (κ1) is 14.6. The minimum Gasteiger partial charge on any atom is -0.385 e. The highest BCUT2D eigenvalue weighted by Crippen LogP contribution is 2.31. The van der Waals surface area contributed by atoms with Gasteiger partial charge < -0.3 is 5.11 Å². The lowest BCUT2D eigenvalue weighted by atomic mass is 9.84. The van der Waals surface area contributed by atoms with Crippen LogP contribution < -0.4 is 0 Å². The molecule has 1 aliphatic rings. The highest BCUT2D eigenvalue weighted by atomic mass is 35.5. The van der Waals surface area contributed by atoms with Crippen LogP contribution in [0, 0.1) is 0 Å². The number of hydrogen-bond donors (Lipinski definition) is 1. The first-order chi connectivity index (χ1) is 10.1. The second kappa shape index (κ2) is 5.78. The molecule has 2 nitrogen and oxygen atoms in total. The summed E-state index contributed by atoms with van der Waals surface area (Å²) in [6.07, 6.45) is 8.63. The van der Waals surface area contributed by atoms with Crippen molar-refractivity contribution in [3.63, 3.8) is 0 Å². The monoisotopic (exact) mass is 301 g/mol. The third kappa shape index (κ3) is 3.12. The van der Waals surface area contributed by atoms with Crippen LogP contribution in [0.1, 0.15) is 42.0 Å². The highest BCUT2D eigenvalue weighted by Gasteiger charge is 2.26. The van der Waals surface area contributed by atoms with E-state index in [1.165, 1.54) is 24.0 Å². The maximum atomic E-state index is 10.9. The number of aliphatic hydroxyl groups is 1. The van der Waals surface area contributed by atoms with E-state index in [9.17, 15) is 5.11 Å². The largest absolute Gasteiger partial charge is 0.385 e. The molecular formula is C18H20ClNO. The summed E-state index contributed by atoms with van der Waals surface area (Å²) in [5.74, 6) is 0. The average Bonchev–Trinajstić information content (AvgIpc) is 2.49. The molecule has 1 heterocycles. The molecule has 0 radical (unpaired) electrons. The number of benzene rings is 1. The quantitative estimate of drug-likeness (QED) is 0.927. The Morgan fingerprint density at radius 2 is 1.95 bits per heavy atom. The molecule has 1 aromatic heterocycles. The molecule has 0 bridgehead atoms. The van der Waals surface area contributed by atoms with Gasteiger partial charge in [0, 0.05) is 18.8 Å². The Hall–Kier alpha value is -1.38. The van der Waals surface area contributed by atoms with E-state index in [1.807, 2.05) is 13.0 Å². The molecule has 0 spiro atoms. The lowest BCUT2D eigenvalue weighted by Gasteiger charge is -2.27. The van der Waals surface area contributed by atoms with Gasteiger partial charge in [0.1, 0.15) is 0 Å². The second-order valence-electron chi connectivity index (χ2n) is 6.11. The number of aryl methyl sites for hydroxylation is 2. The van der Waals surface area contributed by atoms with Gasteiger partial charge in [-0.15, -0.1) is 0 Å². The van der Waals surface area contributed by atoms with E-state index in [2.05, 4.69) is 23.2 Å². The lowest BCUT2D eigenvalue weighted by Crippen LogP contribution is -2.25. The Kier molecular flexibility index (Phi) is 4.01. The molecule has 1 unspecified atom stereocenters. The Morgan fingerprint density at radius 3 is 2.71 bits per heavy atom. The number of rotatable bonds is 3. The fourth-order valence-corrected chi connectivity index (χ4v) is 3.27. The Balaban J connectivity index is 1.89. The predicted octanol–water partition coefficient (Wildman–Crippen LogP) is 4.06. The van der Waals surface area contributed by atoms with Gasteiger partial charge in [-0.05, 0) is 60.9 Å². The fourth-order valence-electron chi connectivity index (χ4n) is 3.09. The topological polar surface area (TPSA) is 33.1 Å². The van der Waals surface area contributed by atoms with Gasteiger partial charge in [-0.25, -0.2) is 0 Å². The van der Waals surface area contributed by atoms with Crippen molar-refractivity contribution in [2.45, 2.75) is 44.6 Å². The molecule has 1 aromatic carbocycles. The first-order valence-electron chi connectivity index (χ1n) is 7.49. The molecule has 0 saturated carbocycles. The normalized spacial score (nSPS) is 17.1. The van der Waals surface area contributed by atoms with E-state index < -0.39 is 5.60 Å². The Bertz CT molecular complexity index is 651. The van der Waals surface area contributed by atoms with Crippen LogP contribution in [0.5, 0.6) is 0 Å². The molecule has 0 saturated heterocycles. The summed E-state index contributed by atoms with van der Waals surface area (Å²) in [7, 11) is 0. The zero-order valence-corrected chi connectivity index (χ0v) is 13.0. The van der Waals surface area contributed by atoms with Crippen LogP contribution >= 0.6 is 11.6 Å². The van der Waals surface area contributed by atoms with E-state index in [1.54, 1.807) is 12.4 Å². The smallest absolute Gasteiger partial charge is 0.0909 e. The van der Waals surface area contributed by atoms with Gasteiger partial charge >= 0.3 is 0 Å². The van der Waals surface area contributed by atoms with Crippen molar-refractivity contribution >= 4 is 11.6 Å². The van der Waals surface area contributed by atoms with Crippen molar-refractivity contribution in [3.8, 4) is 0 Å². The number of hydrogen-bond acceptors (Lipinski definition) is 2. The second-order valence-corrected chi connectivity index (χ2v) is 6.52. The summed E-state index contributed by atoms with van der Waals surface area (Å²) >= 11 is 6.16. The van der Waals surface area contributed by atoms with E-state index in [0.717, 1.165) is 24.0 Å². The summed E-state index contributed by atoms with van der Waals surface area (Å²) in [6.45, 7) is 1.86. The number of halogens is 1. The third-order valence-corrected chi connectivity index (χ3v) is 4.70. The lowest BCUT2D eigenvalue weighted by molar-refractivity contribution is 0.0575. The van der Waals surface area contributed by atoms with Crippen molar-refractivity contribution in [1.82, 2.24) is 4.98 Å². The molecule has 1 aliphatic carbocycles. The maximum absolute atomic E-state index is 10.9. The van der Waals surface area contributed by atoms with Crippen LogP contribution in [0.25, 0.3) is 0 Å². The Morgan fingerprint density at radius 1 is 1.19 bits per heavy atom. The van der Waals surface area contributed by atoms with Crippen LogP contribution in [0.15, 0.2) is 36.7 Å². The van der Waals surface area contributed by atoms with E-state index in [4.69, 9.17) is 11.6 Å². The zero-order valence-electron chi connectivity index (χ0n) is 12.3. The summed E-state index contributed by atoms with van der Waals surface area (Å²) < 4.78 is 0. The van der Waals surface area contributed by atoms with Gasteiger partial charge in [-0.3, -0.25) is 4.98 Å². The molecule has 0 fully saturated rings. The number of nitrogens with zero attached hydrogens (tertiary/aromatic N) is 1. The van der Waals surface area contributed by atoms with Gasteiger partial charge in [-0.2, -0.15) is 0 Å². The highest BCUT2D eigenvalue weighted by molar-refractivity contribution is 6.31. The maximum Gasteiger partial charge on any atom is 0.0909 e. The van der Waals surface area contributed by atoms with Crippen LogP contribution in [0.4, 0.5) is 0 Å². The molecule has 1 atom stereocenters. The summed E-state index contributed by atoms with van der Waals surface area (Å²) in [6, 6.07) is 8.27. The van der Waals surface area contributed by atoms with E-state index in [-0.39, 0.29) is 0 Å². The van der Waals surface area contributed by atoms with Gasteiger partial charge in [-0.1, -0.05) is 29.8 Å². The Labute approximate surface area is 130 Å². The zero-order chi connectivity index (χ0) is 14.9. The molecule has 110 valence electrons. The fraction of sp³-hybridized carbons (Fsp3) is 0.389. The summed E-state index contributed by atoms with van der Waals surface area (Å²) in [5.41, 5.74) is 3.80. The molecule has 0 amide bonds. The number of fused-ring (bicyclic) bond motifs is 1. The van der Waals surface area contributed by atoms with E-state index >= 15 is 0 Å². The van der Waals surface area contributed by atoms with Crippen LogP contribution in [0.3, 0.4) is 0 Å². The standard InChI is InChI=1S/C18H20ClNO/c1-18(21,11-15-8-9-20-12-17(15)19)16-7-6-13-4-2-3-5-14(13)10-16/h6-10,12,21H,2-5,11H2,1H3. The minimum atomic E-state index is -0.919. The van der Waals surface area contributed by atoms with Crippen molar-refractivity contribution in [3.05, 3.63) is 63.9 Å². The SMILES string of the molecule is CC(O)(Cc1ccncc1Cl)c1ccc2c(c1)CCCC2. The third-order valence-electron chi connectivity index (χ3n) is 4.36. The molecule has 21 heavy (non-hydrogen) atoms. The van der Waals surface area contributed by atoms with Crippen molar-refractivity contribution in [2.75, 3.05) is 0 Å². The minimum absolute atomic E-state index is 0.493.